The van der Waals surface area contributed by atoms with Crippen molar-refractivity contribution in [1.29, 1.82) is 0 Å². The van der Waals surface area contributed by atoms with E-state index in [1.807, 2.05) is 6.92 Å². The molecule has 0 fully saturated rings. The molecule has 1 atom stereocenters. The van der Waals surface area contributed by atoms with Crippen molar-refractivity contribution in [2.24, 2.45) is 0 Å². The van der Waals surface area contributed by atoms with E-state index in [4.69, 9.17) is 0 Å². The van der Waals surface area contributed by atoms with E-state index < -0.39 is 26.9 Å². The van der Waals surface area contributed by atoms with E-state index >= 15 is 0 Å². The highest BCUT2D eigenvalue weighted by Gasteiger charge is 2.20. The average molecular weight is 292 g/mol. The summed E-state index contributed by atoms with van der Waals surface area (Å²) in [5.41, 5.74) is -0.0146. The van der Waals surface area contributed by atoms with E-state index in [1.165, 1.54) is 0 Å². The van der Waals surface area contributed by atoms with Gasteiger partial charge in [0.25, 0.3) is 0 Å². The molecule has 0 saturated heterocycles. The second-order valence-electron chi connectivity index (χ2n) is 4.22. The molecule has 0 aromatic heterocycles. The molecule has 108 valence electrons. The normalized spacial score (nSPS) is 13.5. The highest BCUT2D eigenvalue weighted by molar-refractivity contribution is 7.90. The van der Waals surface area contributed by atoms with Gasteiger partial charge in [-0.1, -0.05) is 6.92 Å². The molecule has 0 aliphatic heterocycles. The molecule has 7 heteroatoms. The first-order chi connectivity index (χ1) is 8.86. The van der Waals surface area contributed by atoms with Gasteiger partial charge in [0.15, 0.2) is 0 Å². The molecule has 19 heavy (non-hydrogen) atoms. The lowest BCUT2D eigenvalue weighted by atomic mass is 10.2. The summed E-state index contributed by atoms with van der Waals surface area (Å²) in [6.45, 7) is 4.13. The molecule has 0 radical (unpaired) electrons. The number of hydrogen-bond donors (Lipinski definition) is 2. The van der Waals surface area contributed by atoms with E-state index in [2.05, 4.69) is 10.0 Å². The Balaban J connectivity index is 2.67. The van der Waals surface area contributed by atoms with Crippen LogP contribution in [0.4, 0.5) is 8.78 Å². The number of rotatable bonds is 7. The topological polar surface area (TPSA) is 58.2 Å². The van der Waals surface area contributed by atoms with Crippen LogP contribution in [0.1, 0.15) is 19.4 Å². The fourth-order valence-electron chi connectivity index (χ4n) is 1.46. The molecule has 0 spiro atoms. The van der Waals surface area contributed by atoms with E-state index in [-0.39, 0.29) is 12.1 Å². The summed E-state index contributed by atoms with van der Waals surface area (Å²) in [6.07, 6.45) is 0. The third-order valence-corrected chi connectivity index (χ3v) is 4.46. The maximum Gasteiger partial charge on any atom is 0.215 e. The Bertz CT molecular complexity index is 520. The minimum absolute atomic E-state index is 0.0146. The van der Waals surface area contributed by atoms with E-state index in [0.29, 0.717) is 13.1 Å². The van der Waals surface area contributed by atoms with Crippen molar-refractivity contribution < 1.29 is 17.2 Å². The van der Waals surface area contributed by atoms with Gasteiger partial charge >= 0.3 is 0 Å². The van der Waals surface area contributed by atoms with Gasteiger partial charge in [-0.3, -0.25) is 0 Å². The van der Waals surface area contributed by atoms with Crippen molar-refractivity contribution in [3.8, 4) is 0 Å². The Morgan fingerprint density at radius 2 is 2.00 bits per heavy atom. The minimum atomic E-state index is -3.56. The van der Waals surface area contributed by atoms with Crippen LogP contribution in [0.2, 0.25) is 0 Å². The highest BCUT2D eigenvalue weighted by Crippen LogP contribution is 2.10. The summed E-state index contributed by atoms with van der Waals surface area (Å²) in [5.74, 6) is -1.24. The van der Waals surface area contributed by atoms with Gasteiger partial charge in [-0.25, -0.2) is 21.9 Å². The summed E-state index contributed by atoms with van der Waals surface area (Å²) in [7, 11) is -3.56. The van der Waals surface area contributed by atoms with Gasteiger partial charge in [0.1, 0.15) is 11.6 Å². The monoisotopic (exact) mass is 292 g/mol. The van der Waals surface area contributed by atoms with Gasteiger partial charge in [-0.2, -0.15) is 0 Å². The van der Waals surface area contributed by atoms with Crippen molar-refractivity contribution in [3.05, 3.63) is 35.4 Å². The summed E-state index contributed by atoms with van der Waals surface area (Å²) < 4.78 is 52.2. The van der Waals surface area contributed by atoms with Crippen LogP contribution in [0.15, 0.2) is 18.2 Å². The van der Waals surface area contributed by atoms with Crippen LogP contribution in [0.3, 0.4) is 0 Å². The largest absolute Gasteiger partial charge is 0.316 e. The van der Waals surface area contributed by atoms with E-state index in [1.54, 1.807) is 6.92 Å². The maximum absolute atomic E-state index is 13.3. The lowest BCUT2D eigenvalue weighted by Gasteiger charge is -2.14. The standard InChI is InChI=1S/C12H18F2N2O2S/c1-3-15-7-9(2)19(17,18)16-8-10-6-11(13)4-5-12(10)14/h4-6,9,15-16H,3,7-8H2,1-2H3. The molecular formula is C12H18F2N2O2S. The lowest BCUT2D eigenvalue weighted by Crippen LogP contribution is -2.38. The first-order valence-electron chi connectivity index (χ1n) is 6.00. The van der Waals surface area contributed by atoms with Crippen molar-refractivity contribution in [3.63, 3.8) is 0 Å². The zero-order chi connectivity index (χ0) is 14.5. The van der Waals surface area contributed by atoms with Gasteiger partial charge in [0.2, 0.25) is 10.0 Å². The van der Waals surface area contributed by atoms with Crippen LogP contribution >= 0.6 is 0 Å². The number of hydrogen-bond acceptors (Lipinski definition) is 3. The Morgan fingerprint density at radius 1 is 1.32 bits per heavy atom. The van der Waals surface area contributed by atoms with Gasteiger partial charge in [0.05, 0.1) is 5.25 Å². The van der Waals surface area contributed by atoms with Crippen molar-refractivity contribution >= 4 is 10.0 Å². The van der Waals surface area contributed by atoms with Crippen LogP contribution in [0.25, 0.3) is 0 Å². The molecule has 0 aliphatic carbocycles. The predicted octanol–water partition coefficient (Wildman–Crippen LogP) is 1.38. The number of sulfonamides is 1. The lowest BCUT2D eigenvalue weighted by molar-refractivity contribution is 0.552. The molecule has 1 rings (SSSR count). The second-order valence-corrected chi connectivity index (χ2v) is 6.40. The summed E-state index contributed by atoms with van der Waals surface area (Å²) in [6, 6.07) is 2.94. The summed E-state index contributed by atoms with van der Waals surface area (Å²) in [5, 5.41) is 2.27. The SMILES string of the molecule is CCNCC(C)S(=O)(=O)NCc1cc(F)ccc1F. The highest BCUT2D eigenvalue weighted by atomic mass is 32.2. The van der Waals surface area contributed by atoms with Crippen molar-refractivity contribution in [2.75, 3.05) is 13.1 Å². The molecular weight excluding hydrogens is 274 g/mol. The summed E-state index contributed by atoms with van der Waals surface area (Å²) >= 11 is 0. The van der Waals surface area contributed by atoms with Crippen LogP contribution in [-0.4, -0.2) is 26.8 Å². The fourth-order valence-corrected chi connectivity index (χ4v) is 2.44. The Kier molecular flexibility index (Phi) is 5.84. The quantitative estimate of drug-likeness (QED) is 0.798. The van der Waals surface area contributed by atoms with Crippen LogP contribution < -0.4 is 10.0 Å². The van der Waals surface area contributed by atoms with Crippen molar-refractivity contribution in [1.82, 2.24) is 10.0 Å². The molecule has 0 bridgehead atoms. The molecule has 1 unspecified atom stereocenters. The van der Waals surface area contributed by atoms with Gasteiger partial charge < -0.3 is 5.32 Å². The molecule has 4 nitrogen and oxygen atoms in total. The van der Waals surface area contributed by atoms with E-state index in [9.17, 15) is 17.2 Å². The zero-order valence-electron chi connectivity index (χ0n) is 10.9. The predicted molar refractivity (Wildman–Crippen MR) is 70.1 cm³/mol. The molecule has 0 amide bonds. The zero-order valence-corrected chi connectivity index (χ0v) is 11.7. The van der Waals surface area contributed by atoms with E-state index in [0.717, 1.165) is 18.2 Å². The fraction of sp³-hybridized carbons (Fsp3) is 0.500. The molecule has 0 saturated carbocycles. The Morgan fingerprint density at radius 3 is 2.63 bits per heavy atom. The smallest absolute Gasteiger partial charge is 0.215 e. The molecule has 0 heterocycles. The number of benzene rings is 1. The third kappa shape index (κ3) is 4.85. The van der Waals surface area contributed by atoms with Crippen molar-refractivity contribution in [2.45, 2.75) is 25.6 Å². The maximum atomic E-state index is 13.3. The first kappa shape index (κ1) is 16.0. The van der Waals surface area contributed by atoms with Gasteiger partial charge in [0, 0.05) is 18.7 Å². The Labute approximate surface area is 112 Å². The van der Waals surface area contributed by atoms with Gasteiger partial charge in [-0.15, -0.1) is 0 Å². The molecule has 2 N–H and O–H groups in total. The summed E-state index contributed by atoms with van der Waals surface area (Å²) in [4.78, 5) is 0. The minimum Gasteiger partial charge on any atom is -0.316 e. The molecule has 1 aromatic rings. The first-order valence-corrected chi connectivity index (χ1v) is 7.54. The van der Waals surface area contributed by atoms with Crippen LogP contribution in [0, 0.1) is 11.6 Å². The number of halogens is 2. The van der Waals surface area contributed by atoms with Gasteiger partial charge in [-0.05, 0) is 31.7 Å². The molecule has 0 aliphatic rings. The Hall–Kier alpha value is -1.05. The van der Waals surface area contributed by atoms with Crippen LogP contribution in [0.5, 0.6) is 0 Å². The third-order valence-electron chi connectivity index (χ3n) is 2.68. The molecule has 1 aromatic carbocycles. The number of nitrogens with one attached hydrogen (secondary N) is 2. The van der Waals surface area contributed by atoms with Crippen LogP contribution in [-0.2, 0) is 16.6 Å². The average Bonchev–Trinajstić information content (AvgIpc) is 2.37. The second kappa shape index (κ2) is 6.93.